The third kappa shape index (κ3) is 1.20. The van der Waals surface area contributed by atoms with Gasteiger partial charge in [-0.1, -0.05) is 6.92 Å². The lowest BCUT2D eigenvalue weighted by Gasteiger charge is -2.08. The number of nitro groups is 1. The van der Waals surface area contributed by atoms with E-state index in [2.05, 4.69) is 5.73 Å². The molecule has 0 saturated heterocycles. The summed E-state index contributed by atoms with van der Waals surface area (Å²) in [4.78, 5) is 18.6. The predicted molar refractivity (Wildman–Crippen MR) is 30.3 cm³/mol. The van der Waals surface area contributed by atoms with E-state index in [9.17, 15) is 19.3 Å². The summed E-state index contributed by atoms with van der Waals surface area (Å²) in [7, 11) is 0. The van der Waals surface area contributed by atoms with Crippen LogP contribution in [-0.2, 0) is 4.79 Å². The fourth-order valence-electron chi connectivity index (χ4n) is 0.393. The highest BCUT2D eigenvalue weighted by molar-refractivity contribution is 5.81. The van der Waals surface area contributed by atoms with Crippen LogP contribution in [0.25, 0.3) is 0 Å². The number of nitrogens with zero attached hydrogens (tertiary/aromatic N) is 1. The summed E-state index contributed by atoms with van der Waals surface area (Å²) in [5, 5.41) is 9.82. The number of nitrogens with two attached hydrogens (primary N) is 1. The standard InChI is InChI=1S/C4H7FN2O3/c1-2-4(5,3(6)8)7(9)10/h2H2,1H3,(H2,6,8). The molecule has 0 aliphatic carbocycles. The molecule has 1 amide bonds. The average Bonchev–Trinajstić information content (AvgIpc) is 1.85. The van der Waals surface area contributed by atoms with E-state index in [0.717, 1.165) is 0 Å². The maximum absolute atomic E-state index is 12.6. The number of rotatable bonds is 3. The third-order valence-corrected chi connectivity index (χ3v) is 1.14. The first-order valence-corrected chi connectivity index (χ1v) is 2.58. The Hall–Kier alpha value is -1.20. The normalized spacial score (nSPS) is 15.8. The molecule has 0 aliphatic heterocycles. The molecule has 0 aliphatic rings. The van der Waals surface area contributed by atoms with Crippen molar-refractivity contribution >= 4 is 5.91 Å². The van der Waals surface area contributed by atoms with Gasteiger partial charge in [-0.3, -0.25) is 14.9 Å². The molecule has 1 atom stereocenters. The van der Waals surface area contributed by atoms with Crippen molar-refractivity contribution in [1.82, 2.24) is 0 Å². The predicted octanol–water partition coefficient (Wildman–Crippen LogP) is -0.176. The Kier molecular flexibility index (Phi) is 2.28. The van der Waals surface area contributed by atoms with Crippen LogP contribution in [0.5, 0.6) is 0 Å². The third-order valence-electron chi connectivity index (χ3n) is 1.14. The first-order valence-electron chi connectivity index (χ1n) is 2.58. The van der Waals surface area contributed by atoms with Crippen molar-refractivity contribution in [2.24, 2.45) is 5.73 Å². The van der Waals surface area contributed by atoms with Gasteiger partial charge in [0.2, 0.25) is 0 Å². The Balaban J connectivity index is 4.55. The number of carbonyl (C=O) groups excluding carboxylic acids is 1. The van der Waals surface area contributed by atoms with Crippen molar-refractivity contribution in [3.8, 4) is 0 Å². The fraction of sp³-hybridized carbons (Fsp3) is 0.750. The van der Waals surface area contributed by atoms with Crippen molar-refractivity contribution in [2.75, 3.05) is 0 Å². The first kappa shape index (κ1) is 8.80. The van der Waals surface area contributed by atoms with E-state index in [1.54, 1.807) is 0 Å². The van der Waals surface area contributed by atoms with E-state index in [1.807, 2.05) is 0 Å². The van der Waals surface area contributed by atoms with E-state index >= 15 is 0 Å². The van der Waals surface area contributed by atoms with Crippen LogP contribution in [0, 0.1) is 10.1 Å². The van der Waals surface area contributed by atoms with Crippen LogP contribution in [0.3, 0.4) is 0 Å². The van der Waals surface area contributed by atoms with Crippen molar-refractivity contribution in [3.05, 3.63) is 10.1 Å². The second-order valence-electron chi connectivity index (χ2n) is 1.73. The highest BCUT2D eigenvalue weighted by Crippen LogP contribution is 2.14. The summed E-state index contributed by atoms with van der Waals surface area (Å²) in [5.41, 5.74) is 4.43. The van der Waals surface area contributed by atoms with Crippen molar-refractivity contribution in [1.29, 1.82) is 0 Å². The molecule has 0 bridgehead atoms. The summed E-state index contributed by atoms with van der Waals surface area (Å²) in [6.07, 6.45) is -0.546. The van der Waals surface area contributed by atoms with Crippen molar-refractivity contribution < 1.29 is 14.1 Å². The minimum atomic E-state index is -3.10. The summed E-state index contributed by atoms with van der Waals surface area (Å²) >= 11 is 0. The summed E-state index contributed by atoms with van der Waals surface area (Å²) in [5.74, 6) is -4.65. The molecule has 0 fully saturated rings. The number of primary amides is 1. The topological polar surface area (TPSA) is 86.2 Å². The van der Waals surface area contributed by atoms with Crippen LogP contribution in [0.4, 0.5) is 4.39 Å². The minimum absolute atomic E-state index is 0.546. The van der Waals surface area contributed by atoms with E-state index in [0.29, 0.717) is 0 Å². The molecule has 0 aromatic heterocycles. The van der Waals surface area contributed by atoms with Gasteiger partial charge in [-0.2, -0.15) is 4.39 Å². The second-order valence-corrected chi connectivity index (χ2v) is 1.73. The molecule has 0 radical (unpaired) electrons. The number of hydrogen-bond donors (Lipinski definition) is 1. The largest absolute Gasteiger partial charge is 0.435 e. The lowest BCUT2D eigenvalue weighted by atomic mass is 10.2. The minimum Gasteiger partial charge on any atom is -0.361 e. The van der Waals surface area contributed by atoms with E-state index in [1.165, 1.54) is 6.92 Å². The second kappa shape index (κ2) is 2.59. The van der Waals surface area contributed by atoms with E-state index in [4.69, 9.17) is 0 Å². The van der Waals surface area contributed by atoms with Gasteiger partial charge in [0.25, 0.3) is 0 Å². The number of carbonyl (C=O) groups is 1. The molecule has 0 spiro atoms. The SMILES string of the molecule is CCC(F)(C(N)=O)[N+](=O)[O-]. The highest BCUT2D eigenvalue weighted by Gasteiger charge is 2.48. The molecule has 0 saturated carbocycles. The molecule has 1 unspecified atom stereocenters. The molecule has 0 heterocycles. The maximum atomic E-state index is 12.6. The van der Waals surface area contributed by atoms with Crippen LogP contribution >= 0.6 is 0 Å². The lowest BCUT2D eigenvalue weighted by molar-refractivity contribution is -0.586. The number of hydrogen-bond acceptors (Lipinski definition) is 3. The van der Waals surface area contributed by atoms with Gasteiger partial charge >= 0.3 is 11.7 Å². The molecule has 10 heavy (non-hydrogen) atoms. The number of alkyl halides is 1. The van der Waals surface area contributed by atoms with Crippen LogP contribution in [0.1, 0.15) is 13.3 Å². The Morgan fingerprint density at radius 3 is 2.30 bits per heavy atom. The summed E-state index contributed by atoms with van der Waals surface area (Å²) in [6.45, 7) is 1.17. The van der Waals surface area contributed by atoms with Crippen molar-refractivity contribution in [3.63, 3.8) is 0 Å². The number of halogens is 1. The maximum Gasteiger partial charge on any atom is 0.435 e. The molecule has 6 heteroatoms. The van der Waals surface area contributed by atoms with Crippen LogP contribution < -0.4 is 5.73 Å². The Labute approximate surface area is 56.2 Å². The van der Waals surface area contributed by atoms with Gasteiger partial charge in [0.15, 0.2) is 0 Å². The molecular formula is C4H7FN2O3. The molecule has 0 rings (SSSR count). The quantitative estimate of drug-likeness (QED) is 0.344. The average molecular weight is 150 g/mol. The van der Waals surface area contributed by atoms with Gasteiger partial charge in [0, 0.05) is 0 Å². The van der Waals surface area contributed by atoms with Gasteiger partial charge in [-0.15, -0.1) is 0 Å². The monoisotopic (exact) mass is 150 g/mol. The smallest absolute Gasteiger partial charge is 0.361 e. The zero-order valence-corrected chi connectivity index (χ0v) is 5.33. The zero-order valence-electron chi connectivity index (χ0n) is 5.33. The van der Waals surface area contributed by atoms with Crippen LogP contribution in [0.2, 0.25) is 0 Å². The Bertz CT molecular complexity index is 156. The van der Waals surface area contributed by atoms with E-state index < -0.39 is 23.0 Å². The molecule has 0 aromatic rings. The van der Waals surface area contributed by atoms with Crippen LogP contribution in [-0.4, -0.2) is 16.6 Å². The zero-order chi connectivity index (χ0) is 8.36. The molecule has 2 N–H and O–H groups in total. The van der Waals surface area contributed by atoms with E-state index in [-0.39, 0.29) is 0 Å². The fourth-order valence-corrected chi connectivity index (χ4v) is 0.393. The first-order chi connectivity index (χ1) is 4.45. The van der Waals surface area contributed by atoms with Crippen molar-refractivity contribution in [2.45, 2.75) is 19.1 Å². The molecular weight excluding hydrogens is 143 g/mol. The summed E-state index contributed by atoms with van der Waals surface area (Å²) in [6, 6.07) is 0. The molecule has 0 aromatic carbocycles. The molecule has 5 nitrogen and oxygen atoms in total. The van der Waals surface area contributed by atoms with Gasteiger partial charge in [-0.25, -0.2) is 0 Å². The lowest BCUT2D eigenvalue weighted by Crippen LogP contribution is -2.45. The highest BCUT2D eigenvalue weighted by atomic mass is 19.1. The Morgan fingerprint density at radius 2 is 2.30 bits per heavy atom. The van der Waals surface area contributed by atoms with Crippen LogP contribution in [0.15, 0.2) is 0 Å². The van der Waals surface area contributed by atoms with Gasteiger partial charge in [0.05, 0.1) is 11.3 Å². The van der Waals surface area contributed by atoms with Gasteiger partial charge in [0.1, 0.15) is 0 Å². The van der Waals surface area contributed by atoms with Gasteiger partial charge in [-0.05, 0) is 0 Å². The summed E-state index contributed by atoms with van der Waals surface area (Å²) < 4.78 is 12.6. The Morgan fingerprint density at radius 1 is 1.90 bits per heavy atom. The molecule has 58 valence electrons. The number of amides is 1. The van der Waals surface area contributed by atoms with Gasteiger partial charge < -0.3 is 5.73 Å².